The van der Waals surface area contributed by atoms with Crippen molar-refractivity contribution in [2.75, 3.05) is 12.4 Å². The number of anilines is 1. The Balaban J connectivity index is 2.19. The van der Waals surface area contributed by atoms with Gasteiger partial charge in [-0.25, -0.2) is 4.39 Å². The molecule has 0 unspecified atom stereocenters. The van der Waals surface area contributed by atoms with Crippen molar-refractivity contribution in [1.82, 2.24) is 0 Å². The van der Waals surface area contributed by atoms with E-state index < -0.39 is 11.7 Å². The second kappa shape index (κ2) is 6.30. The Bertz CT molecular complexity index is 626. The van der Waals surface area contributed by atoms with Crippen LogP contribution < -0.4 is 5.32 Å². The standard InChI is InChI=1S/C16H16FNO2/c1-11-6-7-15(17)14(8-11)16(19)18-13-5-3-4-12(9-13)10-20-2/h3-9H,10H2,1-2H3,(H,18,19). The molecule has 0 aliphatic rings. The summed E-state index contributed by atoms with van der Waals surface area (Å²) in [6, 6.07) is 11.7. The number of carbonyl (C=O) groups excluding carboxylic acids is 1. The van der Waals surface area contributed by atoms with Crippen molar-refractivity contribution in [3.05, 3.63) is 65.0 Å². The second-order valence-corrected chi connectivity index (χ2v) is 4.57. The summed E-state index contributed by atoms with van der Waals surface area (Å²) in [4.78, 5) is 12.1. The number of rotatable bonds is 4. The zero-order chi connectivity index (χ0) is 14.5. The Labute approximate surface area is 117 Å². The van der Waals surface area contributed by atoms with Crippen LogP contribution in [0.2, 0.25) is 0 Å². The Morgan fingerprint density at radius 2 is 2.05 bits per heavy atom. The van der Waals surface area contributed by atoms with Crippen molar-refractivity contribution in [3.63, 3.8) is 0 Å². The number of nitrogens with one attached hydrogen (secondary N) is 1. The van der Waals surface area contributed by atoms with E-state index in [0.29, 0.717) is 12.3 Å². The number of aryl methyl sites for hydroxylation is 1. The maximum atomic E-state index is 13.6. The van der Waals surface area contributed by atoms with E-state index in [1.54, 1.807) is 25.3 Å². The predicted octanol–water partition coefficient (Wildman–Crippen LogP) is 3.53. The van der Waals surface area contributed by atoms with Crippen molar-refractivity contribution < 1.29 is 13.9 Å². The summed E-state index contributed by atoms with van der Waals surface area (Å²) >= 11 is 0. The lowest BCUT2D eigenvalue weighted by Crippen LogP contribution is -2.14. The Morgan fingerprint density at radius 1 is 1.25 bits per heavy atom. The lowest BCUT2D eigenvalue weighted by Gasteiger charge is -2.08. The summed E-state index contributed by atoms with van der Waals surface area (Å²) in [6.45, 7) is 2.28. The minimum Gasteiger partial charge on any atom is -0.380 e. The smallest absolute Gasteiger partial charge is 0.258 e. The molecule has 0 saturated heterocycles. The SMILES string of the molecule is COCc1cccc(NC(=O)c2cc(C)ccc2F)c1. The first kappa shape index (κ1) is 14.2. The van der Waals surface area contributed by atoms with Gasteiger partial charge >= 0.3 is 0 Å². The number of hydrogen-bond donors (Lipinski definition) is 1. The van der Waals surface area contributed by atoms with Crippen LogP contribution in [0.4, 0.5) is 10.1 Å². The number of methoxy groups -OCH3 is 1. The maximum Gasteiger partial charge on any atom is 0.258 e. The highest BCUT2D eigenvalue weighted by atomic mass is 19.1. The van der Waals surface area contributed by atoms with Crippen molar-refractivity contribution >= 4 is 11.6 Å². The molecule has 2 aromatic carbocycles. The minimum atomic E-state index is -0.527. The van der Waals surface area contributed by atoms with Gasteiger partial charge in [0.05, 0.1) is 12.2 Å². The summed E-state index contributed by atoms with van der Waals surface area (Å²) in [5.74, 6) is -0.984. The third-order valence-corrected chi connectivity index (χ3v) is 2.86. The first-order chi connectivity index (χ1) is 9.60. The molecule has 0 aliphatic heterocycles. The quantitative estimate of drug-likeness (QED) is 0.925. The topological polar surface area (TPSA) is 38.3 Å². The van der Waals surface area contributed by atoms with Gasteiger partial charge in [0.1, 0.15) is 5.82 Å². The van der Waals surface area contributed by atoms with E-state index >= 15 is 0 Å². The molecule has 0 fully saturated rings. The van der Waals surface area contributed by atoms with Crippen LogP contribution in [0.5, 0.6) is 0 Å². The molecule has 0 radical (unpaired) electrons. The molecule has 2 aromatic rings. The molecule has 0 atom stereocenters. The molecule has 4 heteroatoms. The summed E-state index contributed by atoms with van der Waals surface area (Å²) in [6.07, 6.45) is 0. The average molecular weight is 273 g/mol. The number of halogens is 1. The molecule has 2 rings (SSSR count). The molecule has 1 amide bonds. The number of benzene rings is 2. The highest BCUT2D eigenvalue weighted by Gasteiger charge is 2.12. The van der Waals surface area contributed by atoms with Crippen molar-refractivity contribution in [2.45, 2.75) is 13.5 Å². The number of ether oxygens (including phenoxy) is 1. The minimum absolute atomic E-state index is 0.0437. The van der Waals surface area contributed by atoms with Crippen LogP contribution >= 0.6 is 0 Å². The first-order valence-electron chi connectivity index (χ1n) is 6.25. The lowest BCUT2D eigenvalue weighted by molar-refractivity contribution is 0.102. The highest BCUT2D eigenvalue weighted by Crippen LogP contribution is 2.15. The molecule has 104 valence electrons. The fourth-order valence-electron chi connectivity index (χ4n) is 1.92. The molecule has 0 spiro atoms. The summed E-state index contributed by atoms with van der Waals surface area (Å²) in [7, 11) is 1.60. The third kappa shape index (κ3) is 3.42. The third-order valence-electron chi connectivity index (χ3n) is 2.86. The second-order valence-electron chi connectivity index (χ2n) is 4.57. The molecular weight excluding hydrogens is 257 g/mol. The predicted molar refractivity (Wildman–Crippen MR) is 76.2 cm³/mol. The molecule has 0 aliphatic carbocycles. The zero-order valence-corrected chi connectivity index (χ0v) is 11.4. The van der Waals surface area contributed by atoms with E-state index in [4.69, 9.17) is 4.74 Å². The fraction of sp³-hybridized carbons (Fsp3) is 0.188. The molecule has 0 saturated carbocycles. The van der Waals surface area contributed by atoms with Crippen LogP contribution in [0.25, 0.3) is 0 Å². The molecule has 0 bridgehead atoms. The van der Waals surface area contributed by atoms with Crippen LogP contribution in [0.3, 0.4) is 0 Å². The van der Waals surface area contributed by atoms with E-state index in [0.717, 1.165) is 11.1 Å². The summed E-state index contributed by atoms with van der Waals surface area (Å²) in [5, 5.41) is 2.69. The van der Waals surface area contributed by atoms with Crippen molar-refractivity contribution in [1.29, 1.82) is 0 Å². The van der Waals surface area contributed by atoms with Crippen LogP contribution in [0.15, 0.2) is 42.5 Å². The molecule has 1 N–H and O–H groups in total. The van der Waals surface area contributed by atoms with Gasteiger partial charge in [-0.15, -0.1) is 0 Å². The van der Waals surface area contributed by atoms with Crippen molar-refractivity contribution in [3.8, 4) is 0 Å². The van der Waals surface area contributed by atoms with E-state index in [-0.39, 0.29) is 5.56 Å². The van der Waals surface area contributed by atoms with Gasteiger partial charge in [-0.1, -0.05) is 23.8 Å². The van der Waals surface area contributed by atoms with Gasteiger partial charge in [-0.2, -0.15) is 0 Å². The Kier molecular flexibility index (Phi) is 4.48. The largest absolute Gasteiger partial charge is 0.380 e. The van der Waals surface area contributed by atoms with Gasteiger partial charge in [-0.3, -0.25) is 4.79 Å². The van der Waals surface area contributed by atoms with Gasteiger partial charge < -0.3 is 10.1 Å². The monoisotopic (exact) mass is 273 g/mol. The van der Waals surface area contributed by atoms with Crippen LogP contribution in [-0.2, 0) is 11.3 Å². The normalized spacial score (nSPS) is 10.3. The van der Waals surface area contributed by atoms with E-state index in [1.165, 1.54) is 12.1 Å². The number of carbonyl (C=O) groups is 1. The molecule has 0 aromatic heterocycles. The van der Waals surface area contributed by atoms with E-state index in [2.05, 4.69) is 5.32 Å². The number of amides is 1. The Morgan fingerprint density at radius 3 is 2.80 bits per heavy atom. The van der Waals surface area contributed by atoms with Crippen LogP contribution in [0, 0.1) is 12.7 Å². The fourth-order valence-corrected chi connectivity index (χ4v) is 1.92. The van der Waals surface area contributed by atoms with Crippen molar-refractivity contribution in [2.24, 2.45) is 0 Å². The Hall–Kier alpha value is -2.20. The molecule has 3 nitrogen and oxygen atoms in total. The molecular formula is C16H16FNO2. The molecule has 20 heavy (non-hydrogen) atoms. The highest BCUT2D eigenvalue weighted by molar-refractivity contribution is 6.04. The molecule has 0 heterocycles. The van der Waals surface area contributed by atoms with Gasteiger partial charge in [-0.05, 0) is 36.8 Å². The average Bonchev–Trinajstić information content (AvgIpc) is 2.42. The van der Waals surface area contributed by atoms with E-state index in [1.807, 2.05) is 19.1 Å². The lowest BCUT2D eigenvalue weighted by atomic mass is 10.1. The van der Waals surface area contributed by atoms with Gasteiger partial charge in [0.2, 0.25) is 0 Å². The summed E-state index contributed by atoms with van der Waals surface area (Å²) < 4.78 is 18.7. The van der Waals surface area contributed by atoms with Gasteiger partial charge in [0, 0.05) is 12.8 Å². The maximum absolute atomic E-state index is 13.6. The van der Waals surface area contributed by atoms with E-state index in [9.17, 15) is 9.18 Å². The van der Waals surface area contributed by atoms with Gasteiger partial charge in [0.25, 0.3) is 5.91 Å². The number of hydrogen-bond acceptors (Lipinski definition) is 2. The first-order valence-corrected chi connectivity index (χ1v) is 6.25. The van der Waals surface area contributed by atoms with Gasteiger partial charge in [0.15, 0.2) is 0 Å². The van der Waals surface area contributed by atoms with Crippen LogP contribution in [-0.4, -0.2) is 13.0 Å². The van der Waals surface area contributed by atoms with Crippen LogP contribution in [0.1, 0.15) is 21.5 Å². The summed E-state index contributed by atoms with van der Waals surface area (Å²) in [5.41, 5.74) is 2.44. The zero-order valence-electron chi connectivity index (χ0n) is 11.4.